The van der Waals surface area contributed by atoms with Gasteiger partial charge < -0.3 is 5.73 Å². The van der Waals surface area contributed by atoms with E-state index >= 15 is 0 Å². The van der Waals surface area contributed by atoms with Gasteiger partial charge in [0.1, 0.15) is 0 Å². The van der Waals surface area contributed by atoms with Crippen molar-refractivity contribution in [1.29, 1.82) is 0 Å². The molecule has 2 aliphatic rings. The van der Waals surface area contributed by atoms with Crippen molar-refractivity contribution < 1.29 is 0 Å². The molecule has 14 heavy (non-hydrogen) atoms. The number of nitrogens with two attached hydrogens (primary N) is 1. The number of nitrogens with zero attached hydrogens (tertiary/aromatic N) is 1. The first-order valence-corrected chi connectivity index (χ1v) is 6.09. The standard InChI is InChI=1S/C12H24N2/c1-12(9-13,8-10-4-3-5-10)14(2)11-6-7-11/h10-11H,3-9,13H2,1-2H3. The Hall–Kier alpha value is -0.0800. The molecule has 0 bridgehead atoms. The average Bonchev–Trinajstić information content (AvgIpc) is 2.93. The van der Waals surface area contributed by atoms with Crippen LogP contribution in [0.2, 0.25) is 0 Å². The summed E-state index contributed by atoms with van der Waals surface area (Å²) in [5, 5.41) is 0. The molecule has 0 aromatic rings. The predicted octanol–water partition coefficient (Wildman–Crippen LogP) is 1.99. The number of likely N-dealkylation sites (N-methyl/N-ethyl adjacent to an activating group) is 1. The van der Waals surface area contributed by atoms with Crippen molar-refractivity contribution in [3.8, 4) is 0 Å². The van der Waals surface area contributed by atoms with Gasteiger partial charge in [-0.25, -0.2) is 0 Å². The van der Waals surface area contributed by atoms with Gasteiger partial charge in [-0.15, -0.1) is 0 Å². The minimum Gasteiger partial charge on any atom is -0.329 e. The Balaban J connectivity index is 1.91. The summed E-state index contributed by atoms with van der Waals surface area (Å²) in [6.07, 6.45) is 8.41. The van der Waals surface area contributed by atoms with E-state index in [4.69, 9.17) is 5.73 Å². The Labute approximate surface area is 87.8 Å². The Morgan fingerprint density at radius 1 is 1.29 bits per heavy atom. The molecule has 2 nitrogen and oxygen atoms in total. The van der Waals surface area contributed by atoms with Gasteiger partial charge in [0, 0.05) is 18.1 Å². The molecule has 1 atom stereocenters. The molecule has 2 rings (SSSR count). The molecule has 2 aliphatic carbocycles. The average molecular weight is 196 g/mol. The summed E-state index contributed by atoms with van der Waals surface area (Å²) in [6, 6.07) is 0.837. The van der Waals surface area contributed by atoms with Crippen LogP contribution in [0.3, 0.4) is 0 Å². The first kappa shape index (κ1) is 10.4. The topological polar surface area (TPSA) is 29.3 Å². The van der Waals surface area contributed by atoms with E-state index in [9.17, 15) is 0 Å². The first-order valence-electron chi connectivity index (χ1n) is 6.09. The number of hydrogen-bond donors (Lipinski definition) is 1. The second kappa shape index (κ2) is 3.82. The Morgan fingerprint density at radius 3 is 2.29 bits per heavy atom. The van der Waals surface area contributed by atoms with E-state index in [0.29, 0.717) is 0 Å². The molecule has 82 valence electrons. The first-order chi connectivity index (χ1) is 6.65. The maximum atomic E-state index is 5.96. The molecular weight excluding hydrogens is 172 g/mol. The highest BCUT2D eigenvalue weighted by atomic mass is 15.2. The summed E-state index contributed by atoms with van der Waals surface area (Å²) in [4.78, 5) is 2.55. The molecule has 2 N–H and O–H groups in total. The van der Waals surface area contributed by atoms with E-state index in [0.717, 1.165) is 18.5 Å². The summed E-state index contributed by atoms with van der Waals surface area (Å²) in [6.45, 7) is 3.17. The van der Waals surface area contributed by atoms with Crippen LogP contribution in [0.5, 0.6) is 0 Å². The molecule has 0 aliphatic heterocycles. The van der Waals surface area contributed by atoms with Gasteiger partial charge in [-0.3, -0.25) is 4.90 Å². The third-order valence-electron chi connectivity index (χ3n) is 4.34. The molecule has 0 radical (unpaired) electrons. The van der Waals surface area contributed by atoms with Crippen LogP contribution in [0.1, 0.15) is 45.4 Å². The van der Waals surface area contributed by atoms with E-state index in [1.807, 2.05) is 0 Å². The zero-order chi connectivity index (χ0) is 10.2. The van der Waals surface area contributed by atoms with E-state index < -0.39 is 0 Å². The van der Waals surface area contributed by atoms with Crippen molar-refractivity contribution in [3.63, 3.8) is 0 Å². The number of hydrogen-bond acceptors (Lipinski definition) is 2. The summed E-state index contributed by atoms with van der Waals surface area (Å²) in [5.74, 6) is 0.963. The lowest BCUT2D eigenvalue weighted by Gasteiger charge is -2.43. The molecule has 0 amide bonds. The van der Waals surface area contributed by atoms with Gasteiger partial charge in [-0.1, -0.05) is 19.3 Å². The Bertz CT molecular complexity index is 196. The maximum absolute atomic E-state index is 5.96. The quantitative estimate of drug-likeness (QED) is 0.728. The lowest BCUT2D eigenvalue weighted by molar-refractivity contribution is 0.0853. The molecule has 2 heteroatoms. The molecule has 1 unspecified atom stereocenters. The molecule has 0 heterocycles. The largest absolute Gasteiger partial charge is 0.329 e. The van der Waals surface area contributed by atoms with Gasteiger partial charge in [0.05, 0.1) is 0 Å². The van der Waals surface area contributed by atoms with Gasteiger partial charge >= 0.3 is 0 Å². The zero-order valence-electron chi connectivity index (χ0n) is 9.63. The van der Waals surface area contributed by atoms with Crippen molar-refractivity contribution in [2.24, 2.45) is 11.7 Å². The summed E-state index contributed by atoms with van der Waals surface area (Å²) >= 11 is 0. The Morgan fingerprint density at radius 2 is 1.93 bits per heavy atom. The second-order valence-electron chi connectivity index (χ2n) is 5.54. The molecule has 0 spiro atoms. The van der Waals surface area contributed by atoms with Crippen molar-refractivity contribution >= 4 is 0 Å². The van der Waals surface area contributed by atoms with Gasteiger partial charge in [-0.05, 0) is 39.2 Å². The fourth-order valence-electron chi connectivity index (χ4n) is 2.59. The van der Waals surface area contributed by atoms with Crippen molar-refractivity contribution in [3.05, 3.63) is 0 Å². The summed E-state index contributed by atoms with van der Waals surface area (Å²) < 4.78 is 0. The fraction of sp³-hybridized carbons (Fsp3) is 1.00. The highest BCUT2D eigenvalue weighted by Gasteiger charge is 2.39. The smallest absolute Gasteiger partial charge is 0.0306 e. The summed E-state index contributed by atoms with van der Waals surface area (Å²) in [7, 11) is 2.27. The van der Waals surface area contributed by atoms with Gasteiger partial charge in [0.2, 0.25) is 0 Å². The molecule has 2 saturated carbocycles. The Kier molecular flexibility index (Phi) is 2.85. The van der Waals surface area contributed by atoms with Crippen molar-refractivity contribution in [2.75, 3.05) is 13.6 Å². The SMILES string of the molecule is CN(C1CC1)C(C)(CN)CC1CCC1. The third kappa shape index (κ3) is 1.96. The zero-order valence-corrected chi connectivity index (χ0v) is 9.63. The number of rotatable bonds is 5. The van der Waals surface area contributed by atoms with Gasteiger partial charge in [0.25, 0.3) is 0 Å². The maximum Gasteiger partial charge on any atom is 0.0306 e. The highest BCUT2D eigenvalue weighted by Crippen LogP contribution is 2.39. The van der Waals surface area contributed by atoms with Crippen LogP contribution in [-0.4, -0.2) is 30.1 Å². The second-order valence-corrected chi connectivity index (χ2v) is 5.54. The monoisotopic (exact) mass is 196 g/mol. The van der Waals surface area contributed by atoms with Gasteiger partial charge in [-0.2, -0.15) is 0 Å². The van der Waals surface area contributed by atoms with Crippen LogP contribution in [0.4, 0.5) is 0 Å². The predicted molar refractivity (Wildman–Crippen MR) is 60.2 cm³/mol. The van der Waals surface area contributed by atoms with Crippen molar-refractivity contribution in [2.45, 2.75) is 57.0 Å². The van der Waals surface area contributed by atoms with Crippen LogP contribution in [0.15, 0.2) is 0 Å². The van der Waals surface area contributed by atoms with Crippen LogP contribution in [0.25, 0.3) is 0 Å². The van der Waals surface area contributed by atoms with Gasteiger partial charge in [0.15, 0.2) is 0 Å². The lowest BCUT2D eigenvalue weighted by Crippen LogP contribution is -2.52. The minimum absolute atomic E-state index is 0.270. The summed E-state index contributed by atoms with van der Waals surface area (Å²) in [5.41, 5.74) is 6.23. The lowest BCUT2D eigenvalue weighted by atomic mass is 9.76. The van der Waals surface area contributed by atoms with Crippen molar-refractivity contribution in [1.82, 2.24) is 4.90 Å². The van der Waals surface area contributed by atoms with E-state index in [1.54, 1.807) is 0 Å². The van der Waals surface area contributed by atoms with Crippen LogP contribution >= 0.6 is 0 Å². The van der Waals surface area contributed by atoms with Crippen LogP contribution in [-0.2, 0) is 0 Å². The van der Waals surface area contributed by atoms with E-state index in [2.05, 4.69) is 18.9 Å². The van der Waals surface area contributed by atoms with E-state index in [-0.39, 0.29) is 5.54 Å². The normalized spacial score (nSPS) is 27.4. The molecule has 0 aromatic heterocycles. The molecule has 0 aromatic carbocycles. The van der Waals surface area contributed by atoms with Crippen LogP contribution in [0, 0.1) is 5.92 Å². The highest BCUT2D eigenvalue weighted by molar-refractivity contribution is 4.96. The third-order valence-corrected chi connectivity index (χ3v) is 4.34. The molecular formula is C12H24N2. The molecule has 0 saturated heterocycles. The van der Waals surface area contributed by atoms with E-state index in [1.165, 1.54) is 38.5 Å². The molecule has 2 fully saturated rings. The minimum atomic E-state index is 0.270. The fourth-order valence-corrected chi connectivity index (χ4v) is 2.59. The van der Waals surface area contributed by atoms with Crippen LogP contribution < -0.4 is 5.73 Å².